The van der Waals surface area contributed by atoms with Crippen LogP contribution < -0.4 is 5.32 Å². The molecule has 1 unspecified atom stereocenters. The summed E-state index contributed by atoms with van der Waals surface area (Å²) < 4.78 is 2.26. The lowest BCUT2D eigenvalue weighted by Crippen LogP contribution is -2.19. The van der Waals surface area contributed by atoms with Gasteiger partial charge in [-0.05, 0) is 42.8 Å². The largest absolute Gasteiger partial charge is 0.325 e. The molecule has 4 nitrogen and oxygen atoms in total. The summed E-state index contributed by atoms with van der Waals surface area (Å²) >= 11 is 0. The number of benzene rings is 2. The van der Waals surface area contributed by atoms with Crippen molar-refractivity contribution >= 4 is 22.7 Å². The van der Waals surface area contributed by atoms with Gasteiger partial charge in [-0.1, -0.05) is 42.0 Å². The van der Waals surface area contributed by atoms with Gasteiger partial charge in [-0.15, -0.1) is 0 Å². The minimum atomic E-state index is 0.0782. The molecule has 2 aromatic carbocycles. The van der Waals surface area contributed by atoms with Gasteiger partial charge in [-0.2, -0.15) is 0 Å². The first-order chi connectivity index (χ1) is 12.8. The average molecular weight is 338 g/mol. The molecule has 0 amide bonds. The smallest absolute Gasteiger partial charge is 0.209 e. The van der Waals surface area contributed by atoms with Crippen molar-refractivity contribution in [2.24, 2.45) is 0 Å². The zero-order valence-corrected chi connectivity index (χ0v) is 14.4. The maximum Gasteiger partial charge on any atom is 0.209 e. The Labute approximate surface area is 151 Å². The lowest BCUT2D eigenvalue weighted by Gasteiger charge is -2.26. The number of imidazole rings is 1. The first-order valence-electron chi connectivity index (χ1n) is 8.72. The third-order valence-electron chi connectivity index (χ3n) is 4.84. The van der Waals surface area contributed by atoms with Gasteiger partial charge in [0.2, 0.25) is 5.95 Å². The Hall–Kier alpha value is -3.40. The number of nitrogens with zero attached hydrogens (tertiary/aromatic N) is 3. The van der Waals surface area contributed by atoms with Gasteiger partial charge in [0.05, 0.1) is 17.1 Å². The van der Waals surface area contributed by atoms with Gasteiger partial charge in [0.1, 0.15) is 0 Å². The SMILES string of the molecule is Cc1ccc(C2C=C(c3cccnc3)Nc3nc4ccccc4n32)cc1. The highest BCUT2D eigenvalue weighted by molar-refractivity contribution is 5.85. The molecule has 2 aromatic heterocycles. The Balaban J connectivity index is 1.73. The molecule has 0 spiro atoms. The van der Waals surface area contributed by atoms with Crippen LogP contribution in [0.5, 0.6) is 0 Å². The molecule has 0 fully saturated rings. The van der Waals surface area contributed by atoms with Crippen LogP contribution in [0.2, 0.25) is 0 Å². The molecule has 26 heavy (non-hydrogen) atoms. The first-order valence-corrected chi connectivity index (χ1v) is 8.72. The van der Waals surface area contributed by atoms with Gasteiger partial charge in [0.25, 0.3) is 0 Å². The second-order valence-corrected chi connectivity index (χ2v) is 6.60. The van der Waals surface area contributed by atoms with E-state index in [1.54, 1.807) is 6.20 Å². The maximum atomic E-state index is 4.81. The number of hydrogen-bond donors (Lipinski definition) is 1. The minimum absolute atomic E-state index is 0.0782. The van der Waals surface area contributed by atoms with Gasteiger partial charge < -0.3 is 5.32 Å². The van der Waals surface area contributed by atoms with E-state index in [0.29, 0.717) is 0 Å². The van der Waals surface area contributed by atoms with Crippen molar-refractivity contribution in [3.8, 4) is 0 Å². The Kier molecular flexibility index (Phi) is 3.35. The molecule has 4 heteroatoms. The molecule has 0 saturated carbocycles. The quantitative estimate of drug-likeness (QED) is 0.571. The van der Waals surface area contributed by atoms with E-state index in [1.165, 1.54) is 11.1 Å². The number of anilines is 1. The fourth-order valence-electron chi connectivity index (χ4n) is 3.51. The number of allylic oxidation sites excluding steroid dienone is 1. The summed E-state index contributed by atoms with van der Waals surface area (Å²) in [6.45, 7) is 2.11. The Morgan fingerprint density at radius 3 is 2.62 bits per heavy atom. The highest BCUT2D eigenvalue weighted by Crippen LogP contribution is 2.36. The Morgan fingerprint density at radius 2 is 1.81 bits per heavy atom. The van der Waals surface area contributed by atoms with Crippen molar-refractivity contribution in [2.75, 3.05) is 5.32 Å². The Bertz CT molecular complexity index is 1110. The summed E-state index contributed by atoms with van der Waals surface area (Å²) in [5.41, 5.74) is 6.71. The van der Waals surface area contributed by atoms with E-state index in [1.807, 2.05) is 18.3 Å². The van der Waals surface area contributed by atoms with E-state index in [4.69, 9.17) is 4.98 Å². The normalized spacial score (nSPS) is 16.0. The van der Waals surface area contributed by atoms with E-state index in [0.717, 1.165) is 28.2 Å². The molecule has 0 saturated heterocycles. The van der Waals surface area contributed by atoms with Gasteiger partial charge >= 0.3 is 0 Å². The predicted octanol–water partition coefficient (Wildman–Crippen LogP) is 4.80. The predicted molar refractivity (Wildman–Crippen MR) is 105 cm³/mol. The second kappa shape index (κ2) is 5.85. The summed E-state index contributed by atoms with van der Waals surface area (Å²) in [6.07, 6.45) is 5.92. The fourth-order valence-corrected chi connectivity index (χ4v) is 3.51. The van der Waals surface area contributed by atoms with Crippen molar-refractivity contribution in [2.45, 2.75) is 13.0 Å². The van der Waals surface area contributed by atoms with Crippen LogP contribution in [0.25, 0.3) is 16.7 Å². The lowest BCUT2D eigenvalue weighted by molar-refractivity contribution is 0.720. The third kappa shape index (κ3) is 2.39. The van der Waals surface area contributed by atoms with Crippen LogP contribution in [0.15, 0.2) is 79.1 Å². The number of hydrogen-bond acceptors (Lipinski definition) is 3. The molecule has 1 aliphatic heterocycles. The van der Waals surface area contributed by atoms with Crippen molar-refractivity contribution in [3.63, 3.8) is 0 Å². The molecule has 1 atom stereocenters. The van der Waals surface area contributed by atoms with Gasteiger partial charge in [-0.3, -0.25) is 9.55 Å². The van der Waals surface area contributed by atoms with Crippen LogP contribution in [0.1, 0.15) is 22.7 Å². The molecular weight excluding hydrogens is 320 g/mol. The topological polar surface area (TPSA) is 42.7 Å². The van der Waals surface area contributed by atoms with Crippen LogP contribution in [-0.4, -0.2) is 14.5 Å². The zero-order chi connectivity index (χ0) is 17.5. The molecule has 4 aromatic rings. The number of nitrogens with one attached hydrogen (secondary N) is 1. The zero-order valence-electron chi connectivity index (χ0n) is 14.4. The summed E-state index contributed by atoms with van der Waals surface area (Å²) in [7, 11) is 0. The number of aryl methyl sites for hydroxylation is 1. The van der Waals surface area contributed by atoms with Crippen LogP contribution in [-0.2, 0) is 0 Å². The monoisotopic (exact) mass is 338 g/mol. The van der Waals surface area contributed by atoms with Crippen molar-refractivity contribution in [3.05, 3.63) is 95.8 Å². The van der Waals surface area contributed by atoms with Crippen LogP contribution in [0.3, 0.4) is 0 Å². The van der Waals surface area contributed by atoms with Gasteiger partial charge in [0, 0.05) is 23.7 Å². The van der Waals surface area contributed by atoms with Gasteiger partial charge in [-0.25, -0.2) is 4.98 Å². The number of rotatable bonds is 2. The maximum absolute atomic E-state index is 4.81. The standard InChI is InChI=1S/C22H18N4/c1-15-8-10-16(11-9-15)21-13-19(17-5-4-12-23-14-17)25-22-24-18-6-2-3-7-20(18)26(21)22/h2-14,21H,1H3,(H,24,25). The third-order valence-corrected chi connectivity index (χ3v) is 4.84. The molecule has 5 rings (SSSR count). The van der Waals surface area contributed by atoms with Crippen LogP contribution >= 0.6 is 0 Å². The first kappa shape index (κ1) is 14.9. The summed E-state index contributed by atoms with van der Waals surface area (Å²) in [5, 5.41) is 3.49. The molecule has 0 aliphatic carbocycles. The van der Waals surface area contributed by atoms with Crippen LogP contribution in [0, 0.1) is 6.92 Å². The van der Waals surface area contributed by atoms with E-state index < -0.39 is 0 Å². The molecular formula is C22H18N4. The summed E-state index contributed by atoms with van der Waals surface area (Å²) in [4.78, 5) is 9.07. The summed E-state index contributed by atoms with van der Waals surface area (Å²) in [6, 6.07) is 21.1. The van der Waals surface area contributed by atoms with Crippen molar-refractivity contribution in [1.82, 2.24) is 14.5 Å². The van der Waals surface area contributed by atoms with Crippen molar-refractivity contribution < 1.29 is 0 Å². The molecule has 0 bridgehead atoms. The van der Waals surface area contributed by atoms with Gasteiger partial charge in [0.15, 0.2) is 0 Å². The lowest BCUT2D eigenvalue weighted by atomic mass is 10.0. The minimum Gasteiger partial charge on any atom is -0.325 e. The molecule has 0 radical (unpaired) electrons. The number of aromatic nitrogens is 3. The van der Waals surface area contributed by atoms with E-state index >= 15 is 0 Å². The van der Waals surface area contributed by atoms with E-state index in [-0.39, 0.29) is 6.04 Å². The highest BCUT2D eigenvalue weighted by Gasteiger charge is 2.25. The molecule has 1 aliphatic rings. The Morgan fingerprint density at radius 1 is 0.962 bits per heavy atom. The molecule has 1 N–H and O–H groups in total. The number of fused-ring (bicyclic) bond motifs is 3. The second-order valence-electron chi connectivity index (χ2n) is 6.60. The molecule has 3 heterocycles. The summed E-state index contributed by atoms with van der Waals surface area (Å²) in [5.74, 6) is 0.859. The van der Waals surface area contributed by atoms with E-state index in [2.05, 4.69) is 76.4 Å². The van der Waals surface area contributed by atoms with Crippen LogP contribution in [0.4, 0.5) is 5.95 Å². The van der Waals surface area contributed by atoms with E-state index in [9.17, 15) is 0 Å². The molecule has 126 valence electrons. The fraction of sp³-hybridized carbons (Fsp3) is 0.0909. The van der Waals surface area contributed by atoms with Crippen molar-refractivity contribution in [1.29, 1.82) is 0 Å². The number of pyridine rings is 1. The average Bonchev–Trinajstić information content (AvgIpc) is 3.07. The highest BCUT2D eigenvalue weighted by atomic mass is 15.2. The number of para-hydroxylation sites is 2.